The Morgan fingerprint density at radius 1 is 1.35 bits per heavy atom. The summed E-state index contributed by atoms with van der Waals surface area (Å²) in [6.07, 6.45) is 1.03. The molecule has 2 rings (SSSR count). The Morgan fingerprint density at radius 3 is 2.61 bits per heavy atom. The Kier molecular flexibility index (Phi) is 5.51. The Morgan fingerprint density at radius 2 is 2.00 bits per heavy atom. The van der Waals surface area contributed by atoms with Crippen LogP contribution in [0, 0.1) is 0 Å². The SMILES string of the molecule is C[C@@H](NS(C)(=O)=O)C(=O)N(C)Cc1csc(-c2ccccc2)n1. The van der Waals surface area contributed by atoms with Crippen molar-refractivity contribution in [1.82, 2.24) is 14.6 Å². The first kappa shape index (κ1) is 17.6. The lowest BCUT2D eigenvalue weighted by atomic mass is 10.2. The first-order valence-electron chi connectivity index (χ1n) is 6.98. The molecule has 0 spiro atoms. The predicted octanol–water partition coefficient (Wildman–Crippen LogP) is 1.71. The summed E-state index contributed by atoms with van der Waals surface area (Å²) < 4.78 is 24.7. The zero-order chi connectivity index (χ0) is 17.0. The van der Waals surface area contributed by atoms with Crippen LogP contribution in [0.15, 0.2) is 35.7 Å². The lowest BCUT2D eigenvalue weighted by Gasteiger charge is -2.20. The number of nitrogens with zero attached hydrogens (tertiary/aromatic N) is 2. The van der Waals surface area contributed by atoms with Gasteiger partial charge in [-0.2, -0.15) is 0 Å². The first-order valence-corrected chi connectivity index (χ1v) is 9.75. The van der Waals surface area contributed by atoms with E-state index >= 15 is 0 Å². The van der Waals surface area contributed by atoms with E-state index in [1.807, 2.05) is 35.7 Å². The van der Waals surface area contributed by atoms with Gasteiger partial charge in [0.05, 0.1) is 24.5 Å². The first-order chi connectivity index (χ1) is 10.8. The summed E-state index contributed by atoms with van der Waals surface area (Å²) in [5.74, 6) is -0.301. The second-order valence-electron chi connectivity index (χ2n) is 5.32. The van der Waals surface area contributed by atoms with Gasteiger partial charge in [-0.1, -0.05) is 30.3 Å². The minimum Gasteiger partial charge on any atom is -0.338 e. The summed E-state index contributed by atoms with van der Waals surface area (Å²) in [6.45, 7) is 1.86. The molecule has 6 nitrogen and oxygen atoms in total. The topological polar surface area (TPSA) is 79.4 Å². The number of carbonyl (C=O) groups is 1. The van der Waals surface area contributed by atoms with Gasteiger partial charge in [-0.15, -0.1) is 11.3 Å². The van der Waals surface area contributed by atoms with E-state index in [9.17, 15) is 13.2 Å². The molecule has 2 aromatic rings. The van der Waals surface area contributed by atoms with Crippen molar-refractivity contribution >= 4 is 27.3 Å². The number of carbonyl (C=O) groups excluding carboxylic acids is 1. The number of hydrogen-bond donors (Lipinski definition) is 1. The average Bonchev–Trinajstić information content (AvgIpc) is 2.94. The van der Waals surface area contributed by atoms with Crippen LogP contribution >= 0.6 is 11.3 Å². The summed E-state index contributed by atoms with van der Waals surface area (Å²) in [7, 11) is -1.79. The molecular formula is C15H19N3O3S2. The van der Waals surface area contributed by atoms with Crippen LogP contribution in [0.2, 0.25) is 0 Å². The second-order valence-corrected chi connectivity index (χ2v) is 7.95. The largest absolute Gasteiger partial charge is 0.338 e. The van der Waals surface area contributed by atoms with Gasteiger partial charge in [0.25, 0.3) is 0 Å². The molecule has 1 aromatic carbocycles. The number of thiazole rings is 1. The molecule has 1 heterocycles. The third-order valence-electron chi connectivity index (χ3n) is 3.11. The molecule has 0 unspecified atom stereocenters. The number of nitrogens with one attached hydrogen (secondary N) is 1. The highest BCUT2D eigenvalue weighted by molar-refractivity contribution is 7.88. The van der Waals surface area contributed by atoms with Gasteiger partial charge in [0.2, 0.25) is 15.9 Å². The summed E-state index contributed by atoms with van der Waals surface area (Å²) in [5, 5.41) is 2.80. The van der Waals surface area contributed by atoms with Gasteiger partial charge in [0.15, 0.2) is 0 Å². The molecule has 1 amide bonds. The fraction of sp³-hybridized carbons (Fsp3) is 0.333. The monoisotopic (exact) mass is 353 g/mol. The van der Waals surface area contributed by atoms with Crippen LogP contribution in [0.5, 0.6) is 0 Å². The molecule has 0 aliphatic rings. The highest BCUT2D eigenvalue weighted by Crippen LogP contribution is 2.23. The van der Waals surface area contributed by atoms with E-state index in [1.54, 1.807) is 7.05 Å². The van der Waals surface area contributed by atoms with E-state index in [0.29, 0.717) is 6.54 Å². The molecule has 124 valence electrons. The van der Waals surface area contributed by atoms with E-state index in [2.05, 4.69) is 9.71 Å². The van der Waals surface area contributed by atoms with Crippen LogP contribution in [-0.2, 0) is 21.4 Å². The molecule has 1 aromatic heterocycles. The number of likely N-dealkylation sites (N-methyl/N-ethyl adjacent to an activating group) is 1. The minimum atomic E-state index is -3.42. The van der Waals surface area contributed by atoms with Crippen LogP contribution < -0.4 is 4.72 Å². The molecule has 0 aliphatic heterocycles. The van der Waals surface area contributed by atoms with Crippen LogP contribution in [-0.4, -0.2) is 43.6 Å². The van der Waals surface area contributed by atoms with E-state index in [-0.39, 0.29) is 5.91 Å². The van der Waals surface area contributed by atoms with Crippen LogP contribution in [0.4, 0.5) is 0 Å². The van der Waals surface area contributed by atoms with E-state index in [1.165, 1.54) is 23.2 Å². The van der Waals surface area contributed by atoms with Gasteiger partial charge in [0, 0.05) is 18.0 Å². The van der Waals surface area contributed by atoms with Crippen molar-refractivity contribution in [3.63, 3.8) is 0 Å². The number of sulfonamides is 1. The molecule has 0 saturated carbocycles. The molecule has 0 radical (unpaired) electrons. The molecule has 0 fully saturated rings. The molecule has 0 bridgehead atoms. The van der Waals surface area contributed by atoms with Crippen LogP contribution in [0.3, 0.4) is 0 Å². The number of hydrogen-bond acceptors (Lipinski definition) is 5. The summed E-state index contributed by atoms with van der Waals surface area (Å²) in [5.41, 5.74) is 1.81. The highest BCUT2D eigenvalue weighted by atomic mass is 32.2. The van der Waals surface area contributed by atoms with Crippen molar-refractivity contribution in [2.45, 2.75) is 19.5 Å². The molecular weight excluding hydrogens is 334 g/mol. The van der Waals surface area contributed by atoms with Gasteiger partial charge in [0.1, 0.15) is 5.01 Å². The molecule has 1 atom stereocenters. The van der Waals surface area contributed by atoms with Gasteiger partial charge < -0.3 is 4.90 Å². The number of aromatic nitrogens is 1. The third kappa shape index (κ3) is 5.12. The second kappa shape index (κ2) is 7.20. The maximum Gasteiger partial charge on any atom is 0.240 e. The number of rotatable bonds is 6. The molecule has 1 N–H and O–H groups in total. The van der Waals surface area contributed by atoms with Crippen molar-refractivity contribution in [2.75, 3.05) is 13.3 Å². The maximum absolute atomic E-state index is 12.2. The lowest BCUT2D eigenvalue weighted by molar-refractivity contribution is -0.131. The predicted molar refractivity (Wildman–Crippen MR) is 91.5 cm³/mol. The summed E-state index contributed by atoms with van der Waals surface area (Å²) in [6, 6.07) is 9.00. The summed E-state index contributed by atoms with van der Waals surface area (Å²) in [4.78, 5) is 18.2. The zero-order valence-corrected chi connectivity index (χ0v) is 14.8. The Balaban J connectivity index is 2.02. The van der Waals surface area contributed by atoms with Gasteiger partial charge >= 0.3 is 0 Å². The van der Waals surface area contributed by atoms with Crippen molar-refractivity contribution < 1.29 is 13.2 Å². The average molecular weight is 353 g/mol. The van der Waals surface area contributed by atoms with Crippen LogP contribution in [0.25, 0.3) is 10.6 Å². The zero-order valence-electron chi connectivity index (χ0n) is 13.2. The smallest absolute Gasteiger partial charge is 0.240 e. The normalized spacial score (nSPS) is 12.8. The molecule has 8 heteroatoms. The van der Waals surface area contributed by atoms with Crippen molar-refractivity contribution in [3.8, 4) is 10.6 Å². The van der Waals surface area contributed by atoms with E-state index in [0.717, 1.165) is 22.5 Å². The van der Waals surface area contributed by atoms with Crippen molar-refractivity contribution in [2.24, 2.45) is 0 Å². The van der Waals surface area contributed by atoms with Crippen LogP contribution in [0.1, 0.15) is 12.6 Å². The van der Waals surface area contributed by atoms with E-state index in [4.69, 9.17) is 0 Å². The van der Waals surface area contributed by atoms with Gasteiger partial charge in [-0.05, 0) is 6.92 Å². The van der Waals surface area contributed by atoms with Gasteiger partial charge in [-0.25, -0.2) is 18.1 Å². The molecule has 0 aliphatic carbocycles. The third-order valence-corrected chi connectivity index (χ3v) is 4.83. The van der Waals surface area contributed by atoms with E-state index < -0.39 is 16.1 Å². The Labute approximate surface area is 140 Å². The number of amides is 1. The molecule has 23 heavy (non-hydrogen) atoms. The Hall–Kier alpha value is -1.77. The van der Waals surface area contributed by atoms with Crippen molar-refractivity contribution in [1.29, 1.82) is 0 Å². The lowest BCUT2D eigenvalue weighted by Crippen LogP contribution is -2.44. The van der Waals surface area contributed by atoms with Crippen molar-refractivity contribution in [3.05, 3.63) is 41.4 Å². The highest BCUT2D eigenvalue weighted by Gasteiger charge is 2.21. The maximum atomic E-state index is 12.2. The fourth-order valence-electron chi connectivity index (χ4n) is 2.12. The van der Waals surface area contributed by atoms with Gasteiger partial charge in [-0.3, -0.25) is 4.79 Å². The quantitative estimate of drug-likeness (QED) is 0.857. The Bertz CT molecular complexity index is 772. The minimum absolute atomic E-state index is 0.301. The summed E-state index contributed by atoms with van der Waals surface area (Å²) >= 11 is 1.51. The number of benzene rings is 1. The molecule has 0 saturated heterocycles. The standard InChI is InChI=1S/C15H19N3O3S2/c1-11(17-23(3,20)21)15(19)18(2)9-13-10-22-14(16-13)12-7-5-4-6-8-12/h4-8,10-11,17H,9H2,1-3H3/t11-/m1/s1. The fourth-order valence-corrected chi connectivity index (χ4v) is 3.68.